The van der Waals surface area contributed by atoms with Crippen molar-refractivity contribution in [1.29, 1.82) is 0 Å². The van der Waals surface area contributed by atoms with E-state index < -0.39 is 5.91 Å². The molecule has 0 unspecified atom stereocenters. The number of amides is 1. The van der Waals surface area contributed by atoms with Crippen LogP contribution in [0.15, 0.2) is 47.0 Å². The van der Waals surface area contributed by atoms with Crippen LogP contribution in [0.5, 0.6) is 23.0 Å². The highest BCUT2D eigenvalue weighted by atomic mass is 16.5. The maximum absolute atomic E-state index is 12.5. The van der Waals surface area contributed by atoms with Gasteiger partial charge in [0.05, 0.1) is 34.1 Å². The van der Waals surface area contributed by atoms with Crippen molar-refractivity contribution < 1.29 is 28.3 Å². The number of hydrogen-bond acceptors (Lipinski definition) is 7. The van der Waals surface area contributed by atoms with E-state index in [9.17, 15) is 4.79 Å². The summed E-state index contributed by atoms with van der Waals surface area (Å²) < 4.78 is 26.3. The van der Waals surface area contributed by atoms with Gasteiger partial charge < -0.3 is 28.8 Å². The summed E-state index contributed by atoms with van der Waals surface area (Å²) in [5, 5.41) is 6.60. The Kier molecular flexibility index (Phi) is 5.69. The summed E-state index contributed by atoms with van der Waals surface area (Å²) in [4.78, 5) is 12.5. The molecule has 1 N–H and O–H groups in total. The van der Waals surface area contributed by atoms with Crippen LogP contribution in [0, 0.1) is 0 Å². The Bertz CT molecular complexity index is 983. The van der Waals surface area contributed by atoms with Crippen molar-refractivity contribution >= 4 is 11.6 Å². The molecule has 0 atom stereocenters. The molecule has 1 aromatic heterocycles. The van der Waals surface area contributed by atoms with E-state index in [1.807, 2.05) is 0 Å². The van der Waals surface area contributed by atoms with E-state index in [-0.39, 0.29) is 5.69 Å². The van der Waals surface area contributed by atoms with Gasteiger partial charge in [0, 0.05) is 17.7 Å². The molecule has 0 aliphatic rings. The predicted molar refractivity (Wildman–Crippen MR) is 103 cm³/mol. The first-order valence-electron chi connectivity index (χ1n) is 8.32. The van der Waals surface area contributed by atoms with Crippen LogP contribution in [0.1, 0.15) is 10.5 Å². The number of nitrogens with zero attached hydrogens (tertiary/aromatic N) is 1. The molecule has 1 amide bonds. The molecule has 2 aromatic carbocycles. The zero-order chi connectivity index (χ0) is 20.1. The highest BCUT2D eigenvalue weighted by Crippen LogP contribution is 2.33. The molecule has 0 aliphatic carbocycles. The van der Waals surface area contributed by atoms with E-state index in [0.29, 0.717) is 40.0 Å². The van der Waals surface area contributed by atoms with Gasteiger partial charge >= 0.3 is 0 Å². The van der Waals surface area contributed by atoms with Gasteiger partial charge in [0.25, 0.3) is 5.91 Å². The van der Waals surface area contributed by atoms with E-state index in [1.54, 1.807) is 63.8 Å². The third-order valence-electron chi connectivity index (χ3n) is 4.07. The summed E-state index contributed by atoms with van der Waals surface area (Å²) in [6.45, 7) is 0. The van der Waals surface area contributed by atoms with Crippen LogP contribution in [0.2, 0.25) is 0 Å². The number of methoxy groups -OCH3 is 4. The summed E-state index contributed by atoms with van der Waals surface area (Å²) in [5.41, 5.74) is 1.32. The van der Waals surface area contributed by atoms with Crippen molar-refractivity contribution in [2.75, 3.05) is 33.8 Å². The lowest BCUT2D eigenvalue weighted by molar-refractivity contribution is 0.101. The molecule has 3 rings (SSSR count). The summed E-state index contributed by atoms with van der Waals surface area (Å²) >= 11 is 0. The monoisotopic (exact) mass is 384 g/mol. The molecule has 0 bridgehead atoms. The number of ether oxygens (including phenoxy) is 4. The Labute approximate surface area is 162 Å². The number of rotatable bonds is 7. The number of carbonyl (C=O) groups excluding carboxylic acids is 1. The van der Waals surface area contributed by atoms with Crippen molar-refractivity contribution in [3.63, 3.8) is 0 Å². The lowest BCUT2D eigenvalue weighted by Gasteiger charge is -2.10. The Morgan fingerprint density at radius 2 is 1.61 bits per heavy atom. The highest BCUT2D eigenvalue weighted by Gasteiger charge is 2.17. The molecule has 146 valence electrons. The van der Waals surface area contributed by atoms with Crippen molar-refractivity contribution in [3.05, 3.63) is 48.2 Å². The van der Waals surface area contributed by atoms with Crippen LogP contribution in [-0.2, 0) is 0 Å². The fraction of sp³-hybridized carbons (Fsp3) is 0.200. The first kappa shape index (κ1) is 19.1. The van der Waals surface area contributed by atoms with Crippen molar-refractivity contribution in [1.82, 2.24) is 5.16 Å². The Hall–Kier alpha value is -3.68. The molecular formula is C20H20N2O6. The van der Waals surface area contributed by atoms with Crippen LogP contribution in [-0.4, -0.2) is 39.5 Å². The van der Waals surface area contributed by atoms with Gasteiger partial charge in [-0.15, -0.1) is 0 Å². The van der Waals surface area contributed by atoms with E-state index in [0.717, 1.165) is 0 Å². The van der Waals surface area contributed by atoms with Gasteiger partial charge in [0.1, 0.15) is 11.5 Å². The summed E-state index contributed by atoms with van der Waals surface area (Å²) in [6, 6.07) is 11.9. The van der Waals surface area contributed by atoms with Crippen LogP contribution in [0.3, 0.4) is 0 Å². The second-order valence-electron chi connectivity index (χ2n) is 5.67. The lowest BCUT2D eigenvalue weighted by atomic mass is 10.1. The van der Waals surface area contributed by atoms with Crippen LogP contribution in [0.25, 0.3) is 11.3 Å². The maximum Gasteiger partial charge on any atom is 0.277 e. The fourth-order valence-corrected chi connectivity index (χ4v) is 2.60. The molecule has 8 nitrogen and oxygen atoms in total. The SMILES string of the molecule is COc1ccc(NC(=O)c2cc(-c3ccc(OC)c(OC)c3)on2)c(OC)c1. The lowest BCUT2D eigenvalue weighted by Crippen LogP contribution is -2.13. The second kappa shape index (κ2) is 8.34. The van der Waals surface area contributed by atoms with E-state index in [1.165, 1.54) is 7.11 Å². The Morgan fingerprint density at radius 1 is 0.857 bits per heavy atom. The zero-order valence-corrected chi connectivity index (χ0v) is 15.9. The van der Waals surface area contributed by atoms with E-state index in [2.05, 4.69) is 10.5 Å². The number of aromatic nitrogens is 1. The summed E-state index contributed by atoms with van der Waals surface area (Å²) in [7, 11) is 6.17. The van der Waals surface area contributed by atoms with Gasteiger partial charge in [0.2, 0.25) is 0 Å². The number of nitrogens with one attached hydrogen (secondary N) is 1. The molecular weight excluding hydrogens is 364 g/mol. The minimum absolute atomic E-state index is 0.127. The Balaban J connectivity index is 1.81. The normalized spacial score (nSPS) is 10.3. The number of hydrogen-bond donors (Lipinski definition) is 1. The zero-order valence-electron chi connectivity index (χ0n) is 15.9. The minimum Gasteiger partial charge on any atom is -0.497 e. The molecule has 0 spiro atoms. The van der Waals surface area contributed by atoms with Gasteiger partial charge in [0.15, 0.2) is 23.0 Å². The van der Waals surface area contributed by atoms with Gasteiger partial charge in [-0.2, -0.15) is 0 Å². The van der Waals surface area contributed by atoms with Crippen LogP contribution in [0.4, 0.5) is 5.69 Å². The molecule has 1 heterocycles. The highest BCUT2D eigenvalue weighted by molar-refractivity contribution is 6.04. The van der Waals surface area contributed by atoms with Crippen molar-refractivity contribution in [2.24, 2.45) is 0 Å². The third-order valence-corrected chi connectivity index (χ3v) is 4.07. The quantitative estimate of drug-likeness (QED) is 0.665. The summed E-state index contributed by atoms with van der Waals surface area (Å²) in [6.07, 6.45) is 0. The largest absolute Gasteiger partial charge is 0.497 e. The molecule has 8 heteroatoms. The molecule has 0 saturated carbocycles. The van der Waals surface area contributed by atoms with Gasteiger partial charge in [-0.25, -0.2) is 0 Å². The average molecular weight is 384 g/mol. The third kappa shape index (κ3) is 3.85. The van der Waals surface area contributed by atoms with Crippen molar-refractivity contribution in [2.45, 2.75) is 0 Å². The predicted octanol–water partition coefficient (Wildman–Crippen LogP) is 3.63. The number of carbonyl (C=O) groups is 1. The van der Waals surface area contributed by atoms with Gasteiger partial charge in [-0.05, 0) is 30.3 Å². The number of benzene rings is 2. The maximum atomic E-state index is 12.5. The molecule has 0 radical (unpaired) electrons. The molecule has 0 saturated heterocycles. The Morgan fingerprint density at radius 3 is 2.29 bits per heavy atom. The van der Waals surface area contributed by atoms with E-state index in [4.69, 9.17) is 23.5 Å². The second-order valence-corrected chi connectivity index (χ2v) is 5.67. The first-order chi connectivity index (χ1) is 13.6. The molecule has 28 heavy (non-hydrogen) atoms. The minimum atomic E-state index is -0.432. The van der Waals surface area contributed by atoms with Gasteiger partial charge in [-0.1, -0.05) is 5.16 Å². The van der Waals surface area contributed by atoms with Crippen molar-refractivity contribution in [3.8, 4) is 34.3 Å². The average Bonchev–Trinajstić information content (AvgIpc) is 3.23. The fourth-order valence-electron chi connectivity index (χ4n) is 2.60. The first-order valence-corrected chi connectivity index (χ1v) is 8.32. The van der Waals surface area contributed by atoms with Crippen LogP contribution < -0.4 is 24.3 Å². The summed E-state index contributed by atoms with van der Waals surface area (Å²) in [5.74, 6) is 2.22. The topological polar surface area (TPSA) is 92.1 Å². The molecule has 3 aromatic rings. The van der Waals surface area contributed by atoms with E-state index >= 15 is 0 Å². The molecule has 0 fully saturated rings. The van der Waals surface area contributed by atoms with Crippen LogP contribution >= 0.6 is 0 Å². The smallest absolute Gasteiger partial charge is 0.277 e. The molecule has 0 aliphatic heterocycles. The number of anilines is 1. The van der Waals surface area contributed by atoms with Gasteiger partial charge in [-0.3, -0.25) is 4.79 Å². The standard InChI is InChI=1S/C20H20N2O6/c1-24-13-6-7-14(18(10-13)26-3)21-20(23)15-11-17(28-22-15)12-5-8-16(25-2)19(9-12)27-4/h5-11H,1-4H3,(H,21,23).